The first-order valence-corrected chi connectivity index (χ1v) is 7.66. The summed E-state index contributed by atoms with van der Waals surface area (Å²) in [5, 5.41) is 11.9. The molecule has 4 nitrogen and oxygen atoms in total. The van der Waals surface area contributed by atoms with Gasteiger partial charge in [0.25, 0.3) is 0 Å². The molecular formula is C17H21NO3. The van der Waals surface area contributed by atoms with Crippen molar-refractivity contribution in [1.29, 1.82) is 0 Å². The number of aromatic carboxylic acids is 1. The second-order valence-corrected chi connectivity index (χ2v) is 6.52. The Morgan fingerprint density at radius 2 is 2.10 bits per heavy atom. The predicted octanol–water partition coefficient (Wildman–Crippen LogP) is 3.46. The Hall–Kier alpha value is -1.84. The fraction of sp³-hybridized carbons (Fsp3) is 0.529. The lowest BCUT2D eigenvalue weighted by Crippen LogP contribution is -2.20. The van der Waals surface area contributed by atoms with Crippen LogP contribution in [0.4, 0.5) is 5.69 Å². The molecule has 2 saturated carbocycles. The summed E-state index contributed by atoms with van der Waals surface area (Å²) in [5.41, 5.74) is 1.75. The van der Waals surface area contributed by atoms with Gasteiger partial charge in [-0.25, -0.2) is 4.79 Å². The van der Waals surface area contributed by atoms with Crippen LogP contribution in [0.1, 0.15) is 48.0 Å². The van der Waals surface area contributed by atoms with Crippen molar-refractivity contribution in [3.05, 3.63) is 29.3 Å². The molecule has 1 aromatic rings. The van der Waals surface area contributed by atoms with Crippen LogP contribution < -0.4 is 5.32 Å². The van der Waals surface area contributed by atoms with Crippen molar-refractivity contribution in [3.63, 3.8) is 0 Å². The average Bonchev–Trinajstić information content (AvgIpc) is 3.03. The van der Waals surface area contributed by atoms with E-state index in [1.54, 1.807) is 12.1 Å². The average molecular weight is 287 g/mol. The Morgan fingerprint density at radius 3 is 2.67 bits per heavy atom. The van der Waals surface area contributed by atoms with E-state index in [4.69, 9.17) is 5.11 Å². The lowest BCUT2D eigenvalue weighted by atomic mass is 9.86. The van der Waals surface area contributed by atoms with Gasteiger partial charge in [0.15, 0.2) is 0 Å². The van der Waals surface area contributed by atoms with E-state index in [-0.39, 0.29) is 11.5 Å². The first-order valence-electron chi connectivity index (χ1n) is 7.66. The molecule has 0 aliphatic heterocycles. The number of nitrogens with one attached hydrogen (secondary N) is 1. The highest BCUT2D eigenvalue weighted by molar-refractivity contribution is 5.93. The van der Waals surface area contributed by atoms with Gasteiger partial charge in [-0.15, -0.1) is 0 Å². The van der Waals surface area contributed by atoms with Crippen LogP contribution in [0.25, 0.3) is 0 Å². The van der Waals surface area contributed by atoms with E-state index in [9.17, 15) is 9.59 Å². The maximum Gasteiger partial charge on any atom is 0.335 e. The molecule has 3 rings (SSSR count). The quantitative estimate of drug-likeness (QED) is 0.891. The minimum Gasteiger partial charge on any atom is -0.478 e. The topological polar surface area (TPSA) is 66.4 Å². The van der Waals surface area contributed by atoms with E-state index < -0.39 is 5.97 Å². The number of carbonyl (C=O) groups excluding carboxylic acids is 1. The highest BCUT2D eigenvalue weighted by Gasteiger charge is 2.40. The predicted molar refractivity (Wildman–Crippen MR) is 80.3 cm³/mol. The smallest absolute Gasteiger partial charge is 0.335 e. The fourth-order valence-corrected chi connectivity index (χ4v) is 4.00. The number of aryl methyl sites for hydroxylation is 1. The Bertz CT molecular complexity index is 581. The van der Waals surface area contributed by atoms with E-state index in [1.165, 1.54) is 31.7 Å². The molecule has 0 radical (unpaired) electrons. The number of hydrogen-bond acceptors (Lipinski definition) is 2. The van der Waals surface area contributed by atoms with Crippen LogP contribution >= 0.6 is 0 Å². The van der Waals surface area contributed by atoms with Crippen molar-refractivity contribution in [2.75, 3.05) is 5.32 Å². The van der Waals surface area contributed by atoms with E-state index >= 15 is 0 Å². The molecule has 2 bridgehead atoms. The standard InChI is InChI=1S/C17H21NO3/c1-10-6-13(17(20)21)4-5-15(10)18-16(19)9-14-8-11-2-3-12(14)7-11/h4-6,11-12,14H,2-3,7-9H2,1H3,(H,18,19)(H,20,21). The molecule has 2 aliphatic carbocycles. The van der Waals surface area contributed by atoms with Gasteiger partial charge in [0, 0.05) is 12.1 Å². The number of fused-ring (bicyclic) bond motifs is 2. The highest BCUT2D eigenvalue weighted by Crippen LogP contribution is 2.49. The fourth-order valence-electron chi connectivity index (χ4n) is 4.00. The Morgan fingerprint density at radius 1 is 1.29 bits per heavy atom. The third-order valence-corrected chi connectivity index (χ3v) is 5.08. The van der Waals surface area contributed by atoms with Crippen LogP contribution in [-0.4, -0.2) is 17.0 Å². The van der Waals surface area contributed by atoms with E-state index in [1.807, 2.05) is 6.92 Å². The molecule has 0 aromatic heterocycles. The minimum absolute atomic E-state index is 0.0544. The number of carbonyl (C=O) groups is 2. The van der Waals surface area contributed by atoms with Crippen LogP contribution in [0.3, 0.4) is 0 Å². The number of carboxylic acids is 1. The van der Waals surface area contributed by atoms with Crippen molar-refractivity contribution in [3.8, 4) is 0 Å². The van der Waals surface area contributed by atoms with Crippen LogP contribution in [0.5, 0.6) is 0 Å². The molecule has 3 unspecified atom stereocenters. The molecule has 0 heterocycles. The monoisotopic (exact) mass is 287 g/mol. The highest BCUT2D eigenvalue weighted by atomic mass is 16.4. The lowest BCUT2D eigenvalue weighted by Gasteiger charge is -2.21. The Balaban J connectivity index is 1.61. The summed E-state index contributed by atoms with van der Waals surface area (Å²) in [6.07, 6.45) is 5.74. The third kappa shape index (κ3) is 2.94. The molecule has 3 atom stereocenters. The number of benzene rings is 1. The molecule has 112 valence electrons. The van der Waals surface area contributed by atoms with Crippen molar-refractivity contribution in [1.82, 2.24) is 0 Å². The number of rotatable bonds is 4. The Kier molecular flexibility index (Phi) is 3.70. The molecule has 2 N–H and O–H groups in total. The zero-order valence-electron chi connectivity index (χ0n) is 12.3. The maximum atomic E-state index is 12.2. The van der Waals surface area contributed by atoms with E-state index in [2.05, 4.69) is 5.32 Å². The summed E-state index contributed by atoms with van der Waals surface area (Å²) < 4.78 is 0. The molecule has 4 heteroatoms. The van der Waals surface area contributed by atoms with Gasteiger partial charge in [0.2, 0.25) is 5.91 Å². The van der Waals surface area contributed by atoms with Gasteiger partial charge in [-0.05, 0) is 67.7 Å². The SMILES string of the molecule is Cc1cc(C(=O)O)ccc1NC(=O)CC1CC2CCC1C2. The summed E-state index contributed by atoms with van der Waals surface area (Å²) in [6, 6.07) is 4.80. The normalized spacial score (nSPS) is 26.8. The zero-order valence-corrected chi connectivity index (χ0v) is 12.3. The van der Waals surface area contributed by atoms with Gasteiger partial charge < -0.3 is 10.4 Å². The molecule has 0 spiro atoms. The summed E-state index contributed by atoms with van der Waals surface area (Å²) in [7, 11) is 0. The van der Waals surface area contributed by atoms with Gasteiger partial charge >= 0.3 is 5.97 Å². The van der Waals surface area contributed by atoms with Crippen molar-refractivity contribution in [2.24, 2.45) is 17.8 Å². The van der Waals surface area contributed by atoms with Gasteiger partial charge in [-0.3, -0.25) is 4.79 Å². The van der Waals surface area contributed by atoms with Crippen molar-refractivity contribution in [2.45, 2.75) is 39.0 Å². The molecule has 0 saturated heterocycles. The maximum absolute atomic E-state index is 12.2. The molecular weight excluding hydrogens is 266 g/mol. The van der Waals surface area contributed by atoms with Crippen LogP contribution in [-0.2, 0) is 4.79 Å². The number of amides is 1. The second-order valence-electron chi connectivity index (χ2n) is 6.52. The van der Waals surface area contributed by atoms with Crippen molar-refractivity contribution >= 4 is 17.6 Å². The summed E-state index contributed by atoms with van der Waals surface area (Å²) >= 11 is 0. The molecule has 1 amide bonds. The van der Waals surface area contributed by atoms with Crippen LogP contribution in [0.2, 0.25) is 0 Å². The Labute approximate surface area is 124 Å². The summed E-state index contributed by atoms with van der Waals surface area (Å²) in [6.45, 7) is 1.82. The second kappa shape index (κ2) is 5.51. The molecule has 2 fully saturated rings. The molecule has 21 heavy (non-hydrogen) atoms. The number of hydrogen-bond donors (Lipinski definition) is 2. The zero-order chi connectivity index (χ0) is 15.0. The van der Waals surface area contributed by atoms with Crippen LogP contribution in [0, 0.1) is 24.7 Å². The summed E-state index contributed by atoms with van der Waals surface area (Å²) in [5.74, 6) is 1.25. The third-order valence-electron chi connectivity index (χ3n) is 5.08. The van der Waals surface area contributed by atoms with Gasteiger partial charge in [-0.2, -0.15) is 0 Å². The lowest BCUT2D eigenvalue weighted by molar-refractivity contribution is -0.117. The number of carboxylic acid groups (broad SMARTS) is 1. The van der Waals surface area contributed by atoms with Gasteiger partial charge in [-0.1, -0.05) is 6.42 Å². The minimum atomic E-state index is -0.946. The number of anilines is 1. The first kappa shape index (κ1) is 14.1. The summed E-state index contributed by atoms with van der Waals surface area (Å²) in [4.78, 5) is 23.1. The van der Waals surface area contributed by atoms with E-state index in [0.29, 0.717) is 18.0 Å². The molecule has 2 aliphatic rings. The van der Waals surface area contributed by atoms with Crippen LogP contribution in [0.15, 0.2) is 18.2 Å². The largest absolute Gasteiger partial charge is 0.478 e. The van der Waals surface area contributed by atoms with E-state index in [0.717, 1.165) is 17.4 Å². The van der Waals surface area contributed by atoms with Gasteiger partial charge in [0.05, 0.1) is 5.56 Å². The molecule has 1 aromatic carbocycles. The van der Waals surface area contributed by atoms with Crippen molar-refractivity contribution < 1.29 is 14.7 Å². The van der Waals surface area contributed by atoms with Gasteiger partial charge in [0.1, 0.15) is 0 Å². The first-order chi connectivity index (χ1) is 10.0.